The smallest absolute Gasteiger partial charge is 0.331 e. The lowest BCUT2D eigenvalue weighted by Gasteiger charge is -2.43. The SMILES string of the molecule is C/C(=C\CC/C(=C/C(=O)O)C(=O)O)CC/C=C(\C)CCC1C(C)CCCC1(C)C.O=C1c2ccccc2-[n+]2ccc3c([nH]c4ccccc43)c21. The van der Waals surface area contributed by atoms with E-state index < -0.39 is 11.9 Å². The van der Waals surface area contributed by atoms with Crippen LogP contribution >= 0.6 is 0 Å². The lowest BCUT2D eigenvalue weighted by atomic mass is 9.62. The van der Waals surface area contributed by atoms with Crippen LogP contribution < -0.4 is 4.57 Å². The van der Waals surface area contributed by atoms with Crippen molar-refractivity contribution in [2.24, 2.45) is 17.3 Å². The largest absolute Gasteiger partial charge is 0.478 e. The van der Waals surface area contributed by atoms with Gasteiger partial charge in [-0.1, -0.05) is 87.2 Å². The molecule has 0 saturated heterocycles. The van der Waals surface area contributed by atoms with Crippen LogP contribution in [0.25, 0.3) is 27.5 Å². The highest BCUT2D eigenvalue weighted by molar-refractivity contribution is 6.20. The molecule has 2 aliphatic rings. The van der Waals surface area contributed by atoms with Gasteiger partial charge in [0, 0.05) is 40.1 Å². The Hall–Kier alpha value is -4.78. The van der Waals surface area contributed by atoms with E-state index in [1.165, 1.54) is 43.3 Å². The van der Waals surface area contributed by atoms with Crippen LogP contribution in [0.4, 0.5) is 0 Å². The summed E-state index contributed by atoms with van der Waals surface area (Å²) in [4.78, 5) is 37.8. The second kappa shape index (κ2) is 15.8. The van der Waals surface area contributed by atoms with Crippen LogP contribution in [0.5, 0.6) is 0 Å². The Kier molecular flexibility index (Phi) is 11.6. The minimum absolute atomic E-state index is 0.0582. The van der Waals surface area contributed by atoms with Crippen LogP contribution in [-0.4, -0.2) is 32.9 Å². The molecule has 1 saturated carbocycles. The van der Waals surface area contributed by atoms with E-state index >= 15 is 0 Å². The molecule has 1 aliphatic heterocycles. The third-order valence-electron chi connectivity index (χ3n) is 10.8. The first kappa shape index (κ1) is 36.5. The number of hydrogen-bond donors (Lipinski definition) is 3. The number of benzene rings is 2. The van der Waals surface area contributed by atoms with Crippen LogP contribution in [0, 0.1) is 17.3 Å². The Morgan fingerprint density at radius 2 is 1.60 bits per heavy atom. The number of carbonyl (C=O) groups excluding carboxylic acids is 1. The van der Waals surface area contributed by atoms with Crippen LogP contribution in [0.3, 0.4) is 0 Å². The van der Waals surface area contributed by atoms with E-state index in [0.29, 0.717) is 11.8 Å². The van der Waals surface area contributed by atoms with Crippen LogP contribution in [0.2, 0.25) is 0 Å². The number of carboxylic acids is 2. The average Bonchev–Trinajstić information content (AvgIpc) is 3.59. The topological polar surface area (TPSA) is 111 Å². The lowest BCUT2D eigenvalue weighted by molar-refractivity contribution is -0.592. The number of rotatable bonds is 11. The van der Waals surface area contributed by atoms with Crippen molar-refractivity contribution in [2.75, 3.05) is 0 Å². The maximum Gasteiger partial charge on any atom is 0.331 e. The minimum atomic E-state index is -1.21. The highest BCUT2D eigenvalue weighted by atomic mass is 16.4. The standard InChI is InChI=1S/C25H40O4.C18H10N2O/c1-18(11-7-13-21(24(28)29)17-23(26)27)9-6-10-19(2)14-15-22-20(3)12-8-16-25(22,4)5;21-18-13-6-2-4-8-15(13)20-10-9-12-11-5-1-3-7-14(11)19-16(12)17(18)20/h10-11,17,20,22H,6-9,12-16H2,1-5H3,(H,26,27)(H,28,29);1-10H/p+1/b18-11+,19-10+,21-17-;. The lowest BCUT2D eigenvalue weighted by Crippen LogP contribution is -2.33. The van der Waals surface area contributed by atoms with Crippen molar-refractivity contribution >= 4 is 39.5 Å². The van der Waals surface area contributed by atoms with Crippen molar-refractivity contribution in [2.45, 2.75) is 92.4 Å². The number of ketones is 1. The number of para-hydroxylation sites is 2. The van der Waals surface area contributed by atoms with Gasteiger partial charge in [0.25, 0.3) is 11.5 Å². The predicted octanol–water partition coefficient (Wildman–Crippen LogP) is 9.92. The first-order valence-corrected chi connectivity index (χ1v) is 17.9. The number of nitrogens with one attached hydrogen (secondary N) is 1. The van der Waals surface area contributed by atoms with Crippen LogP contribution in [0.1, 0.15) is 108 Å². The molecule has 3 heterocycles. The van der Waals surface area contributed by atoms with Crippen molar-refractivity contribution in [3.05, 3.63) is 107 Å². The summed E-state index contributed by atoms with van der Waals surface area (Å²) in [6.07, 6.45) is 16.4. The van der Waals surface area contributed by atoms with Crippen molar-refractivity contribution < 1.29 is 29.2 Å². The number of aliphatic carboxylic acids is 2. The van der Waals surface area contributed by atoms with Gasteiger partial charge in [-0.05, 0) is 88.2 Å². The van der Waals surface area contributed by atoms with Gasteiger partial charge in [0.15, 0.2) is 6.20 Å². The van der Waals surface area contributed by atoms with Gasteiger partial charge in [0.1, 0.15) is 11.1 Å². The average molecular weight is 676 g/mol. The van der Waals surface area contributed by atoms with E-state index in [2.05, 4.69) is 57.8 Å². The number of carboxylic acid groups (broad SMARTS) is 2. The normalized spacial score (nSPS) is 18.8. The minimum Gasteiger partial charge on any atom is -0.478 e. The molecule has 6 rings (SSSR count). The van der Waals surface area contributed by atoms with Crippen molar-refractivity contribution in [3.63, 3.8) is 0 Å². The maximum atomic E-state index is 12.7. The first-order chi connectivity index (χ1) is 23.9. The zero-order valence-electron chi connectivity index (χ0n) is 30.1. The molecule has 2 atom stereocenters. The first-order valence-electron chi connectivity index (χ1n) is 17.9. The summed E-state index contributed by atoms with van der Waals surface area (Å²) < 4.78 is 1.98. The van der Waals surface area contributed by atoms with Gasteiger partial charge in [-0.3, -0.25) is 4.79 Å². The third kappa shape index (κ3) is 8.32. The van der Waals surface area contributed by atoms with E-state index in [-0.39, 0.29) is 17.8 Å². The molecule has 0 spiro atoms. The second-order valence-electron chi connectivity index (χ2n) is 14.8. The Morgan fingerprint density at radius 3 is 2.32 bits per heavy atom. The van der Waals surface area contributed by atoms with Gasteiger partial charge in [-0.25, -0.2) is 9.59 Å². The molecular formula is C43H51N2O5+. The molecule has 0 bridgehead atoms. The van der Waals surface area contributed by atoms with Gasteiger partial charge in [0.2, 0.25) is 5.69 Å². The number of hydrogen-bond acceptors (Lipinski definition) is 3. The van der Waals surface area contributed by atoms with Crippen LogP contribution in [0.15, 0.2) is 95.7 Å². The Bertz CT molecular complexity index is 1990. The number of allylic oxidation sites excluding steroid dienone is 4. The molecule has 1 fully saturated rings. The molecule has 2 unspecified atom stereocenters. The number of aromatic amines is 1. The predicted molar refractivity (Wildman–Crippen MR) is 200 cm³/mol. The summed E-state index contributed by atoms with van der Waals surface area (Å²) in [5.41, 5.74) is 7.51. The molecule has 4 aromatic rings. The summed E-state index contributed by atoms with van der Waals surface area (Å²) in [5, 5.41) is 20.0. The van der Waals surface area contributed by atoms with Crippen molar-refractivity contribution in [1.29, 1.82) is 0 Å². The number of fused-ring (bicyclic) bond motifs is 7. The van der Waals surface area contributed by atoms with E-state index in [1.807, 2.05) is 59.3 Å². The number of carbonyl (C=O) groups is 3. The second-order valence-corrected chi connectivity index (χ2v) is 14.8. The fourth-order valence-electron chi connectivity index (χ4n) is 8.00. The zero-order valence-corrected chi connectivity index (χ0v) is 30.1. The molecule has 50 heavy (non-hydrogen) atoms. The number of nitrogens with zero attached hydrogens (tertiary/aromatic N) is 1. The van der Waals surface area contributed by atoms with Gasteiger partial charge in [0.05, 0.1) is 0 Å². The fourth-order valence-corrected chi connectivity index (χ4v) is 8.00. The molecule has 2 aromatic carbocycles. The highest BCUT2D eigenvalue weighted by Gasteiger charge is 2.38. The Morgan fingerprint density at radius 1 is 0.920 bits per heavy atom. The van der Waals surface area contributed by atoms with Gasteiger partial charge >= 0.3 is 11.9 Å². The van der Waals surface area contributed by atoms with E-state index in [9.17, 15) is 14.4 Å². The highest BCUT2D eigenvalue weighted by Crippen LogP contribution is 2.46. The van der Waals surface area contributed by atoms with E-state index in [0.717, 1.165) is 69.5 Å². The third-order valence-corrected chi connectivity index (χ3v) is 10.8. The molecule has 1 aliphatic carbocycles. The molecular weight excluding hydrogens is 624 g/mol. The van der Waals surface area contributed by atoms with Crippen LogP contribution in [-0.2, 0) is 9.59 Å². The number of aromatic nitrogens is 2. The monoisotopic (exact) mass is 675 g/mol. The van der Waals surface area contributed by atoms with Gasteiger partial charge in [-0.2, -0.15) is 4.57 Å². The Labute approximate surface area is 295 Å². The fraction of sp³-hybridized carbons (Fsp3) is 0.395. The summed E-state index contributed by atoms with van der Waals surface area (Å²) in [5.74, 6) is -0.656. The van der Waals surface area contributed by atoms with E-state index in [4.69, 9.17) is 10.2 Å². The number of H-pyrrole nitrogens is 1. The molecule has 7 heteroatoms. The quantitative estimate of drug-likeness (QED) is 0.0733. The molecule has 0 radical (unpaired) electrons. The van der Waals surface area contributed by atoms with E-state index in [1.54, 1.807) is 0 Å². The van der Waals surface area contributed by atoms with Gasteiger partial charge in [-0.15, -0.1) is 0 Å². The molecule has 262 valence electrons. The molecule has 0 amide bonds. The molecule has 7 nitrogen and oxygen atoms in total. The van der Waals surface area contributed by atoms with Crippen molar-refractivity contribution in [3.8, 4) is 5.69 Å². The van der Waals surface area contributed by atoms with Gasteiger partial charge < -0.3 is 15.2 Å². The summed E-state index contributed by atoms with van der Waals surface area (Å²) in [7, 11) is 0. The summed E-state index contributed by atoms with van der Waals surface area (Å²) >= 11 is 0. The maximum absolute atomic E-state index is 12.7. The number of pyridine rings is 1. The summed E-state index contributed by atoms with van der Waals surface area (Å²) in [6.45, 7) is 11.6. The molecule has 3 N–H and O–H groups in total. The Balaban J connectivity index is 0.000000202. The molecule has 2 aromatic heterocycles. The zero-order chi connectivity index (χ0) is 36.0. The summed E-state index contributed by atoms with van der Waals surface area (Å²) in [6, 6.07) is 18.0. The van der Waals surface area contributed by atoms with Crippen molar-refractivity contribution in [1.82, 2.24) is 4.98 Å².